The topological polar surface area (TPSA) is 58.6 Å². The van der Waals surface area contributed by atoms with Crippen molar-refractivity contribution in [1.29, 1.82) is 0 Å². The standard InChI is InChI=1S/C15H19ClN2O3/c1-15(2,3)21-14(20)18-9-8-17-13(19)12(18)10-4-6-11(16)7-5-10/h4-7,12H,8-9H2,1-3H3,(H,17,19). The first-order valence-corrected chi connectivity index (χ1v) is 7.18. The molecule has 1 unspecified atom stereocenters. The smallest absolute Gasteiger partial charge is 0.411 e. The Morgan fingerprint density at radius 1 is 1.33 bits per heavy atom. The van der Waals surface area contributed by atoms with Gasteiger partial charge in [0.2, 0.25) is 5.91 Å². The minimum absolute atomic E-state index is 0.213. The highest BCUT2D eigenvalue weighted by Crippen LogP contribution is 2.26. The van der Waals surface area contributed by atoms with Crippen molar-refractivity contribution in [1.82, 2.24) is 10.2 Å². The molecule has 1 saturated heterocycles. The maximum absolute atomic E-state index is 12.3. The van der Waals surface area contributed by atoms with E-state index >= 15 is 0 Å². The molecule has 0 saturated carbocycles. The van der Waals surface area contributed by atoms with Gasteiger partial charge in [-0.2, -0.15) is 0 Å². The van der Waals surface area contributed by atoms with Crippen molar-refractivity contribution in [3.8, 4) is 0 Å². The van der Waals surface area contributed by atoms with Gasteiger partial charge in [-0.15, -0.1) is 0 Å². The number of amides is 2. The second-order valence-corrected chi connectivity index (χ2v) is 6.36. The van der Waals surface area contributed by atoms with Crippen LogP contribution in [0.2, 0.25) is 5.02 Å². The Hall–Kier alpha value is -1.75. The number of ether oxygens (including phenoxy) is 1. The largest absolute Gasteiger partial charge is 0.444 e. The molecular formula is C15H19ClN2O3. The van der Waals surface area contributed by atoms with E-state index in [1.54, 1.807) is 45.0 Å². The normalized spacial score (nSPS) is 19.1. The molecule has 2 amide bonds. The number of nitrogens with one attached hydrogen (secondary N) is 1. The number of carbonyl (C=O) groups excluding carboxylic acids is 2. The predicted octanol–water partition coefficient (Wildman–Crippen LogP) is 2.75. The number of hydrogen-bond acceptors (Lipinski definition) is 3. The summed E-state index contributed by atoms with van der Waals surface area (Å²) in [6.07, 6.45) is -0.489. The summed E-state index contributed by atoms with van der Waals surface area (Å²) in [4.78, 5) is 25.9. The number of piperazine rings is 1. The summed E-state index contributed by atoms with van der Waals surface area (Å²) in [6, 6.07) is 6.20. The van der Waals surface area contributed by atoms with Gasteiger partial charge in [-0.3, -0.25) is 9.69 Å². The van der Waals surface area contributed by atoms with Crippen LogP contribution in [0, 0.1) is 0 Å². The highest BCUT2D eigenvalue weighted by atomic mass is 35.5. The zero-order valence-corrected chi connectivity index (χ0v) is 13.1. The first-order chi connectivity index (χ1) is 9.78. The van der Waals surface area contributed by atoms with E-state index in [4.69, 9.17) is 16.3 Å². The number of hydrogen-bond donors (Lipinski definition) is 1. The Balaban J connectivity index is 2.27. The molecule has 0 aromatic heterocycles. The van der Waals surface area contributed by atoms with Gasteiger partial charge in [-0.1, -0.05) is 23.7 Å². The Bertz CT molecular complexity index is 537. The molecular weight excluding hydrogens is 292 g/mol. The Kier molecular flexibility index (Phi) is 4.42. The van der Waals surface area contributed by atoms with Crippen LogP contribution in [0.25, 0.3) is 0 Å². The summed E-state index contributed by atoms with van der Waals surface area (Å²) in [5, 5.41) is 3.35. The third kappa shape index (κ3) is 3.88. The highest BCUT2D eigenvalue weighted by Gasteiger charge is 2.36. The fraction of sp³-hybridized carbons (Fsp3) is 0.467. The average molecular weight is 311 g/mol. The van der Waals surface area contributed by atoms with Crippen LogP contribution in [0.4, 0.5) is 4.79 Å². The molecule has 1 fully saturated rings. The van der Waals surface area contributed by atoms with Crippen LogP contribution >= 0.6 is 11.6 Å². The summed E-state index contributed by atoms with van der Waals surface area (Å²) in [5.74, 6) is -0.213. The minimum Gasteiger partial charge on any atom is -0.444 e. The number of nitrogens with zero attached hydrogens (tertiary/aromatic N) is 1. The van der Waals surface area contributed by atoms with E-state index < -0.39 is 17.7 Å². The van der Waals surface area contributed by atoms with Gasteiger partial charge in [0, 0.05) is 18.1 Å². The van der Waals surface area contributed by atoms with Crippen molar-refractivity contribution in [3.05, 3.63) is 34.9 Å². The van der Waals surface area contributed by atoms with Crippen LogP contribution in [0.3, 0.4) is 0 Å². The lowest BCUT2D eigenvalue weighted by Crippen LogP contribution is -2.53. The maximum atomic E-state index is 12.3. The maximum Gasteiger partial charge on any atom is 0.411 e. The van der Waals surface area contributed by atoms with Gasteiger partial charge < -0.3 is 10.1 Å². The van der Waals surface area contributed by atoms with Crippen LogP contribution in [0.1, 0.15) is 32.4 Å². The molecule has 0 spiro atoms. The second-order valence-electron chi connectivity index (χ2n) is 5.92. The second kappa shape index (κ2) is 5.93. The predicted molar refractivity (Wildman–Crippen MR) is 80.1 cm³/mol. The quantitative estimate of drug-likeness (QED) is 0.867. The summed E-state index contributed by atoms with van der Waals surface area (Å²) in [7, 11) is 0. The fourth-order valence-electron chi connectivity index (χ4n) is 2.16. The molecule has 1 aromatic rings. The number of benzene rings is 1. The van der Waals surface area contributed by atoms with E-state index in [-0.39, 0.29) is 5.91 Å². The first kappa shape index (κ1) is 15.6. The molecule has 6 heteroatoms. The molecule has 1 aliphatic heterocycles. The van der Waals surface area contributed by atoms with E-state index in [0.29, 0.717) is 23.7 Å². The van der Waals surface area contributed by atoms with Crippen LogP contribution in [0.15, 0.2) is 24.3 Å². The zero-order chi connectivity index (χ0) is 15.6. The fourth-order valence-corrected chi connectivity index (χ4v) is 2.29. The molecule has 21 heavy (non-hydrogen) atoms. The SMILES string of the molecule is CC(C)(C)OC(=O)N1CCNC(=O)C1c1ccc(Cl)cc1. The van der Waals surface area contributed by atoms with Crippen LogP contribution in [-0.4, -0.2) is 35.6 Å². The van der Waals surface area contributed by atoms with E-state index in [9.17, 15) is 9.59 Å². The van der Waals surface area contributed by atoms with Gasteiger partial charge in [0.15, 0.2) is 0 Å². The molecule has 1 heterocycles. The van der Waals surface area contributed by atoms with Crippen molar-refractivity contribution in [2.45, 2.75) is 32.4 Å². The molecule has 1 aromatic carbocycles. The minimum atomic E-state index is -0.689. The highest BCUT2D eigenvalue weighted by molar-refractivity contribution is 6.30. The van der Waals surface area contributed by atoms with Crippen molar-refractivity contribution in [2.75, 3.05) is 13.1 Å². The van der Waals surface area contributed by atoms with Gasteiger partial charge >= 0.3 is 6.09 Å². The molecule has 0 bridgehead atoms. The monoisotopic (exact) mass is 310 g/mol. The van der Waals surface area contributed by atoms with Crippen molar-refractivity contribution >= 4 is 23.6 Å². The van der Waals surface area contributed by atoms with Crippen molar-refractivity contribution in [3.63, 3.8) is 0 Å². The lowest BCUT2D eigenvalue weighted by molar-refractivity contribution is -0.129. The number of rotatable bonds is 1. The van der Waals surface area contributed by atoms with Crippen LogP contribution in [0.5, 0.6) is 0 Å². The van der Waals surface area contributed by atoms with Crippen molar-refractivity contribution in [2.24, 2.45) is 0 Å². The van der Waals surface area contributed by atoms with Crippen LogP contribution < -0.4 is 5.32 Å². The molecule has 5 nitrogen and oxygen atoms in total. The van der Waals surface area contributed by atoms with Gasteiger partial charge in [-0.25, -0.2) is 4.79 Å². The number of carbonyl (C=O) groups is 2. The molecule has 2 rings (SSSR count). The van der Waals surface area contributed by atoms with E-state index in [1.807, 2.05) is 0 Å². The van der Waals surface area contributed by atoms with Crippen molar-refractivity contribution < 1.29 is 14.3 Å². The first-order valence-electron chi connectivity index (χ1n) is 6.81. The molecule has 1 aliphatic rings. The molecule has 1 atom stereocenters. The zero-order valence-electron chi connectivity index (χ0n) is 12.4. The Morgan fingerprint density at radius 2 is 1.95 bits per heavy atom. The van der Waals surface area contributed by atoms with Gasteiger partial charge in [-0.05, 0) is 38.5 Å². The van der Waals surface area contributed by atoms with E-state index in [2.05, 4.69) is 5.32 Å². The number of halogens is 1. The lowest BCUT2D eigenvalue weighted by Gasteiger charge is -2.36. The van der Waals surface area contributed by atoms with E-state index in [0.717, 1.165) is 0 Å². The summed E-state index contributed by atoms with van der Waals surface area (Å²) < 4.78 is 5.38. The summed E-state index contributed by atoms with van der Waals surface area (Å²) >= 11 is 5.87. The van der Waals surface area contributed by atoms with Crippen LogP contribution in [-0.2, 0) is 9.53 Å². The van der Waals surface area contributed by atoms with Gasteiger partial charge in [0.05, 0.1) is 0 Å². The van der Waals surface area contributed by atoms with Gasteiger partial charge in [0.1, 0.15) is 11.6 Å². The summed E-state index contributed by atoms with van der Waals surface area (Å²) in [5.41, 5.74) is 0.109. The molecule has 0 radical (unpaired) electrons. The lowest BCUT2D eigenvalue weighted by atomic mass is 10.0. The van der Waals surface area contributed by atoms with Gasteiger partial charge in [0.25, 0.3) is 0 Å². The average Bonchev–Trinajstić information content (AvgIpc) is 2.38. The Morgan fingerprint density at radius 3 is 2.52 bits per heavy atom. The van der Waals surface area contributed by atoms with E-state index in [1.165, 1.54) is 4.90 Å². The molecule has 114 valence electrons. The third-order valence-electron chi connectivity index (χ3n) is 3.03. The third-order valence-corrected chi connectivity index (χ3v) is 3.28. The Labute approximate surface area is 129 Å². The molecule has 0 aliphatic carbocycles. The summed E-state index contributed by atoms with van der Waals surface area (Å²) in [6.45, 7) is 6.22. The molecule has 1 N–H and O–H groups in total.